The molecule has 0 radical (unpaired) electrons. The van der Waals surface area contributed by atoms with Gasteiger partial charge < -0.3 is 11.5 Å². The van der Waals surface area contributed by atoms with Gasteiger partial charge in [0, 0.05) is 10.0 Å². The molecule has 22 heavy (non-hydrogen) atoms. The fraction of sp³-hybridized carbons (Fsp3) is 0.125. The second-order valence-electron chi connectivity index (χ2n) is 4.78. The first-order chi connectivity index (χ1) is 10.5. The molecule has 0 aromatic heterocycles. The second-order valence-corrected chi connectivity index (χ2v) is 5.63. The Morgan fingerprint density at radius 1 is 1.09 bits per heavy atom. The summed E-state index contributed by atoms with van der Waals surface area (Å²) in [6, 6.07) is 14.6. The molecule has 1 atom stereocenters. The Hall–Kier alpha value is -2.04. The molecule has 2 rings (SSSR count). The van der Waals surface area contributed by atoms with Crippen LogP contribution in [-0.4, -0.2) is 11.9 Å². The number of amides is 1. The average molecular weight is 336 g/mol. The molecule has 0 aliphatic carbocycles. The molecule has 0 fully saturated rings. The van der Waals surface area contributed by atoms with Gasteiger partial charge in [-0.1, -0.05) is 59.6 Å². The summed E-state index contributed by atoms with van der Waals surface area (Å²) in [4.78, 5) is 16.0. The van der Waals surface area contributed by atoms with Gasteiger partial charge in [0.05, 0.1) is 5.92 Å². The van der Waals surface area contributed by atoms with Crippen LogP contribution in [0.4, 0.5) is 0 Å². The van der Waals surface area contributed by atoms with E-state index in [0.29, 0.717) is 22.0 Å². The maximum absolute atomic E-state index is 12.4. The minimum absolute atomic E-state index is 0.270. The van der Waals surface area contributed by atoms with E-state index in [2.05, 4.69) is 4.99 Å². The lowest BCUT2D eigenvalue weighted by atomic mass is 9.91. The summed E-state index contributed by atoms with van der Waals surface area (Å²) >= 11 is 12.1. The molecule has 2 aromatic rings. The topological polar surface area (TPSA) is 81.5 Å². The summed E-state index contributed by atoms with van der Waals surface area (Å²) in [5.41, 5.74) is 12.3. The lowest BCUT2D eigenvalue weighted by Gasteiger charge is -2.16. The van der Waals surface area contributed by atoms with Gasteiger partial charge in [-0.25, -0.2) is 0 Å². The molecule has 4 nitrogen and oxygen atoms in total. The summed E-state index contributed by atoms with van der Waals surface area (Å²) in [6.07, 6.45) is 0.442. The van der Waals surface area contributed by atoms with Gasteiger partial charge in [0.15, 0.2) is 5.96 Å². The number of hydrogen-bond acceptors (Lipinski definition) is 1. The predicted molar refractivity (Wildman–Crippen MR) is 90.2 cm³/mol. The lowest BCUT2D eigenvalue weighted by molar-refractivity contribution is -0.119. The molecule has 0 unspecified atom stereocenters. The predicted octanol–water partition coefficient (Wildman–Crippen LogP) is 3.12. The summed E-state index contributed by atoms with van der Waals surface area (Å²) in [5, 5.41) is 0.911. The molecule has 4 N–H and O–H groups in total. The van der Waals surface area contributed by atoms with E-state index in [9.17, 15) is 4.79 Å². The Morgan fingerprint density at radius 3 is 2.36 bits per heavy atom. The van der Waals surface area contributed by atoms with Crippen LogP contribution in [0, 0.1) is 0 Å². The monoisotopic (exact) mass is 335 g/mol. The Bertz CT molecular complexity index is 698. The SMILES string of the molecule is NC(N)=NC(=O)[C@@H](Cc1ccccc1)c1ccc(Cl)cc1Cl. The summed E-state index contributed by atoms with van der Waals surface area (Å²) in [6.45, 7) is 0. The maximum Gasteiger partial charge on any atom is 0.256 e. The van der Waals surface area contributed by atoms with Crippen LogP contribution in [0.3, 0.4) is 0 Å². The molecule has 114 valence electrons. The fourth-order valence-electron chi connectivity index (χ4n) is 2.17. The lowest BCUT2D eigenvalue weighted by Crippen LogP contribution is -2.26. The molecule has 0 aliphatic rings. The van der Waals surface area contributed by atoms with Crippen molar-refractivity contribution in [3.05, 3.63) is 69.7 Å². The van der Waals surface area contributed by atoms with Gasteiger partial charge >= 0.3 is 0 Å². The first-order valence-corrected chi connectivity index (χ1v) is 7.35. The van der Waals surface area contributed by atoms with E-state index in [0.717, 1.165) is 5.56 Å². The number of carbonyl (C=O) groups excluding carboxylic acids is 1. The van der Waals surface area contributed by atoms with Gasteiger partial charge in [0.2, 0.25) is 0 Å². The second kappa shape index (κ2) is 7.29. The molecule has 0 heterocycles. The fourth-order valence-corrected chi connectivity index (χ4v) is 2.71. The van der Waals surface area contributed by atoms with Gasteiger partial charge in [-0.2, -0.15) is 4.99 Å². The number of nitrogens with two attached hydrogens (primary N) is 2. The molecule has 6 heteroatoms. The quantitative estimate of drug-likeness (QED) is 0.665. The zero-order valence-electron chi connectivity index (χ0n) is 11.7. The van der Waals surface area contributed by atoms with Crippen LogP contribution in [-0.2, 0) is 11.2 Å². The van der Waals surface area contributed by atoms with Crippen molar-refractivity contribution in [3.8, 4) is 0 Å². The van der Waals surface area contributed by atoms with E-state index >= 15 is 0 Å². The van der Waals surface area contributed by atoms with Crippen molar-refractivity contribution >= 4 is 35.1 Å². The van der Waals surface area contributed by atoms with Crippen molar-refractivity contribution in [2.45, 2.75) is 12.3 Å². The van der Waals surface area contributed by atoms with E-state index in [1.54, 1.807) is 18.2 Å². The summed E-state index contributed by atoms with van der Waals surface area (Å²) in [5.74, 6) is -1.28. The zero-order valence-corrected chi connectivity index (χ0v) is 13.2. The number of hydrogen-bond donors (Lipinski definition) is 2. The van der Waals surface area contributed by atoms with E-state index < -0.39 is 11.8 Å². The first kappa shape index (κ1) is 16.3. The Labute approximate surface area is 138 Å². The molecular weight excluding hydrogens is 321 g/mol. The minimum atomic E-state index is -0.575. The number of rotatable bonds is 4. The van der Waals surface area contributed by atoms with Crippen molar-refractivity contribution in [1.82, 2.24) is 0 Å². The highest BCUT2D eigenvalue weighted by Crippen LogP contribution is 2.31. The number of aliphatic imine (C=N–C) groups is 1. The van der Waals surface area contributed by atoms with Gasteiger partial charge in [-0.3, -0.25) is 4.79 Å². The maximum atomic E-state index is 12.4. The van der Waals surface area contributed by atoms with E-state index in [4.69, 9.17) is 34.7 Å². The van der Waals surface area contributed by atoms with Crippen LogP contribution < -0.4 is 11.5 Å². The Kier molecular flexibility index (Phi) is 5.41. The van der Waals surface area contributed by atoms with Crippen LogP contribution in [0.1, 0.15) is 17.0 Å². The summed E-state index contributed by atoms with van der Waals surface area (Å²) in [7, 11) is 0. The molecular formula is C16H15Cl2N3O. The number of guanidine groups is 1. The number of nitrogens with zero attached hydrogens (tertiary/aromatic N) is 1. The Balaban J connectivity index is 2.41. The third-order valence-corrected chi connectivity index (χ3v) is 3.72. The van der Waals surface area contributed by atoms with E-state index in [1.807, 2.05) is 30.3 Å². The van der Waals surface area contributed by atoms with Crippen molar-refractivity contribution in [2.24, 2.45) is 16.5 Å². The van der Waals surface area contributed by atoms with Crippen molar-refractivity contribution in [2.75, 3.05) is 0 Å². The Morgan fingerprint density at radius 2 is 1.77 bits per heavy atom. The number of halogens is 2. The standard InChI is InChI=1S/C16H15Cl2N3O/c17-11-6-7-12(14(18)9-11)13(15(22)21-16(19)20)8-10-4-2-1-3-5-10/h1-7,9,13H,8H2,(H4,19,20,21,22)/t13-/m0/s1. The normalized spacial score (nSPS) is 11.7. The van der Waals surface area contributed by atoms with E-state index in [1.165, 1.54) is 0 Å². The number of carbonyl (C=O) groups is 1. The summed E-state index contributed by atoms with van der Waals surface area (Å²) < 4.78 is 0. The zero-order chi connectivity index (χ0) is 16.1. The van der Waals surface area contributed by atoms with Gasteiger partial charge in [-0.15, -0.1) is 0 Å². The number of benzene rings is 2. The third kappa shape index (κ3) is 4.23. The molecule has 0 saturated carbocycles. The smallest absolute Gasteiger partial charge is 0.256 e. The molecule has 1 amide bonds. The van der Waals surface area contributed by atoms with Crippen molar-refractivity contribution in [1.29, 1.82) is 0 Å². The molecule has 0 bridgehead atoms. The largest absolute Gasteiger partial charge is 0.370 e. The molecule has 2 aromatic carbocycles. The van der Waals surface area contributed by atoms with E-state index in [-0.39, 0.29) is 5.96 Å². The first-order valence-electron chi connectivity index (χ1n) is 6.59. The highest BCUT2D eigenvalue weighted by Gasteiger charge is 2.23. The minimum Gasteiger partial charge on any atom is -0.370 e. The van der Waals surface area contributed by atoms with Crippen LogP contribution in [0.2, 0.25) is 10.0 Å². The van der Waals surface area contributed by atoms with Gasteiger partial charge in [-0.05, 0) is 29.7 Å². The average Bonchev–Trinajstić information content (AvgIpc) is 2.46. The molecule has 0 spiro atoms. The van der Waals surface area contributed by atoms with Gasteiger partial charge in [0.1, 0.15) is 0 Å². The van der Waals surface area contributed by atoms with Crippen molar-refractivity contribution < 1.29 is 4.79 Å². The third-order valence-electron chi connectivity index (χ3n) is 3.16. The van der Waals surface area contributed by atoms with Crippen LogP contribution >= 0.6 is 23.2 Å². The van der Waals surface area contributed by atoms with Gasteiger partial charge in [0.25, 0.3) is 5.91 Å². The molecule has 0 aliphatic heterocycles. The van der Waals surface area contributed by atoms with Crippen LogP contribution in [0.15, 0.2) is 53.5 Å². The van der Waals surface area contributed by atoms with Crippen LogP contribution in [0.25, 0.3) is 0 Å². The highest BCUT2D eigenvalue weighted by atomic mass is 35.5. The van der Waals surface area contributed by atoms with Crippen LogP contribution in [0.5, 0.6) is 0 Å². The highest BCUT2D eigenvalue weighted by molar-refractivity contribution is 6.35. The van der Waals surface area contributed by atoms with Crippen molar-refractivity contribution in [3.63, 3.8) is 0 Å². The molecule has 0 saturated heterocycles.